The van der Waals surface area contributed by atoms with Crippen LogP contribution in [0.2, 0.25) is 0 Å². The molecule has 34 heavy (non-hydrogen) atoms. The first-order chi connectivity index (χ1) is 16.1. The van der Waals surface area contributed by atoms with Gasteiger partial charge in [0.05, 0.1) is 22.5 Å². The van der Waals surface area contributed by atoms with Crippen LogP contribution >= 0.6 is 0 Å². The molecule has 0 aliphatic rings. The number of nitrogens with one attached hydrogen (secondary N) is 1. The van der Waals surface area contributed by atoms with Gasteiger partial charge < -0.3 is 5.32 Å². The molecule has 176 valence electrons. The summed E-state index contributed by atoms with van der Waals surface area (Å²) in [6, 6.07) is 11.3. The van der Waals surface area contributed by atoms with E-state index >= 15 is 0 Å². The summed E-state index contributed by atoms with van der Waals surface area (Å²) < 4.78 is 3.06. The molecule has 0 aliphatic heterocycles. The summed E-state index contributed by atoms with van der Waals surface area (Å²) in [6.07, 6.45) is 0.422. The summed E-state index contributed by atoms with van der Waals surface area (Å²) in [4.78, 5) is 26.8. The van der Waals surface area contributed by atoms with E-state index in [1.165, 1.54) is 4.68 Å². The second-order valence-electron chi connectivity index (χ2n) is 9.08. The van der Waals surface area contributed by atoms with E-state index in [9.17, 15) is 9.59 Å². The Morgan fingerprint density at radius 2 is 1.56 bits per heavy atom. The molecule has 0 saturated heterocycles. The fourth-order valence-electron chi connectivity index (χ4n) is 4.65. The zero-order valence-electron chi connectivity index (χ0n) is 20.9. The smallest absolute Gasteiger partial charge is 0.295 e. The molecule has 0 radical (unpaired) electrons. The summed E-state index contributed by atoms with van der Waals surface area (Å²) in [5.74, 6) is -0.263. The van der Waals surface area contributed by atoms with E-state index < -0.39 is 6.04 Å². The fourth-order valence-corrected chi connectivity index (χ4v) is 4.65. The summed E-state index contributed by atoms with van der Waals surface area (Å²) >= 11 is 0. The number of aryl methyl sites for hydroxylation is 6. The van der Waals surface area contributed by atoms with Gasteiger partial charge in [-0.15, -0.1) is 0 Å². The van der Waals surface area contributed by atoms with Crippen molar-refractivity contribution in [3.8, 4) is 5.69 Å². The zero-order valence-corrected chi connectivity index (χ0v) is 20.9. The molecule has 4 aromatic rings. The van der Waals surface area contributed by atoms with Crippen LogP contribution in [0.1, 0.15) is 53.0 Å². The minimum atomic E-state index is -0.750. The molecule has 1 atom stereocenters. The Hall–Kier alpha value is -3.74. The number of amides is 1. The fraction of sp³-hybridized carbons (Fsp3) is 0.333. The van der Waals surface area contributed by atoms with Crippen molar-refractivity contribution in [2.45, 2.75) is 60.9 Å². The molecule has 0 aliphatic carbocycles. The van der Waals surface area contributed by atoms with Gasteiger partial charge >= 0.3 is 0 Å². The molecule has 4 rings (SSSR count). The third kappa shape index (κ3) is 4.02. The molecular formula is C27H31N5O2. The lowest BCUT2D eigenvalue weighted by Gasteiger charge is -2.19. The molecule has 2 aromatic heterocycles. The highest BCUT2D eigenvalue weighted by Gasteiger charge is 2.26. The van der Waals surface area contributed by atoms with Crippen molar-refractivity contribution in [3.05, 3.63) is 80.4 Å². The quantitative estimate of drug-likeness (QED) is 0.456. The maximum Gasteiger partial charge on any atom is 0.295 e. The first-order valence-electron chi connectivity index (χ1n) is 11.6. The van der Waals surface area contributed by atoms with Crippen LogP contribution in [0.15, 0.2) is 41.2 Å². The number of aromatic nitrogens is 4. The highest BCUT2D eigenvalue weighted by molar-refractivity contribution is 5.95. The third-order valence-electron chi connectivity index (χ3n) is 6.33. The summed E-state index contributed by atoms with van der Waals surface area (Å²) in [5, 5.41) is 13.0. The molecule has 2 aromatic carbocycles. The lowest BCUT2D eigenvalue weighted by molar-refractivity contribution is -0.119. The van der Waals surface area contributed by atoms with Gasteiger partial charge in [-0.05, 0) is 71.2 Å². The average molecular weight is 458 g/mol. The summed E-state index contributed by atoms with van der Waals surface area (Å²) in [5.41, 5.74) is 7.37. The van der Waals surface area contributed by atoms with E-state index in [1.54, 1.807) is 4.68 Å². The van der Waals surface area contributed by atoms with Gasteiger partial charge in [0.1, 0.15) is 6.04 Å². The number of hydrogen-bond donors (Lipinski definition) is 1. The molecule has 1 amide bonds. The minimum absolute atomic E-state index is 0.263. The predicted molar refractivity (Wildman–Crippen MR) is 136 cm³/mol. The molecule has 0 unspecified atom stereocenters. The first-order valence-corrected chi connectivity index (χ1v) is 11.6. The van der Waals surface area contributed by atoms with Crippen molar-refractivity contribution in [1.82, 2.24) is 19.6 Å². The summed E-state index contributed by atoms with van der Waals surface area (Å²) in [6.45, 7) is 13.7. The van der Waals surface area contributed by atoms with Gasteiger partial charge in [-0.2, -0.15) is 10.2 Å². The van der Waals surface area contributed by atoms with Crippen LogP contribution in [0.25, 0.3) is 16.6 Å². The number of nitrogens with zero attached hydrogens (tertiary/aromatic N) is 4. The zero-order chi connectivity index (χ0) is 24.7. The lowest BCUT2D eigenvalue weighted by atomic mass is 10.0. The molecule has 1 N–H and O–H groups in total. The van der Waals surface area contributed by atoms with Gasteiger partial charge in [-0.3, -0.25) is 9.59 Å². The van der Waals surface area contributed by atoms with Gasteiger partial charge in [0.15, 0.2) is 5.52 Å². The van der Waals surface area contributed by atoms with E-state index in [0.717, 1.165) is 44.7 Å². The summed E-state index contributed by atoms with van der Waals surface area (Å²) in [7, 11) is 0. The Kier molecular flexibility index (Phi) is 6.13. The van der Waals surface area contributed by atoms with Crippen LogP contribution in [-0.2, 0) is 4.79 Å². The topological polar surface area (TPSA) is 81.8 Å². The number of fused-ring (bicyclic) bond motifs is 1. The molecular weight excluding hydrogens is 426 g/mol. The Bertz CT molecular complexity index is 1440. The average Bonchev–Trinajstić information content (AvgIpc) is 3.13. The van der Waals surface area contributed by atoms with Gasteiger partial charge in [-0.25, -0.2) is 9.36 Å². The second-order valence-corrected chi connectivity index (χ2v) is 9.08. The van der Waals surface area contributed by atoms with Crippen LogP contribution in [-0.4, -0.2) is 25.5 Å². The second kappa shape index (κ2) is 8.89. The number of benzene rings is 2. The molecule has 2 heterocycles. The van der Waals surface area contributed by atoms with Crippen molar-refractivity contribution in [3.63, 3.8) is 0 Å². The van der Waals surface area contributed by atoms with Crippen molar-refractivity contribution in [2.75, 3.05) is 5.32 Å². The largest absolute Gasteiger partial charge is 0.324 e. The Labute approximate surface area is 199 Å². The van der Waals surface area contributed by atoms with Crippen molar-refractivity contribution in [1.29, 1.82) is 0 Å². The van der Waals surface area contributed by atoms with Crippen molar-refractivity contribution in [2.24, 2.45) is 0 Å². The minimum Gasteiger partial charge on any atom is -0.324 e. The van der Waals surface area contributed by atoms with Crippen LogP contribution in [0.3, 0.4) is 0 Å². The Morgan fingerprint density at radius 1 is 0.941 bits per heavy atom. The molecule has 7 heteroatoms. The Morgan fingerprint density at radius 3 is 2.15 bits per heavy atom. The third-order valence-corrected chi connectivity index (χ3v) is 6.33. The molecule has 7 nitrogen and oxygen atoms in total. The van der Waals surface area contributed by atoms with E-state index in [4.69, 9.17) is 0 Å². The normalized spacial score (nSPS) is 12.2. The maximum atomic E-state index is 13.5. The van der Waals surface area contributed by atoms with E-state index in [-0.39, 0.29) is 11.5 Å². The van der Waals surface area contributed by atoms with Crippen LogP contribution in [0.5, 0.6) is 0 Å². The van der Waals surface area contributed by atoms with E-state index in [1.807, 2.05) is 84.9 Å². The van der Waals surface area contributed by atoms with Gasteiger partial charge in [0.2, 0.25) is 5.91 Å². The molecule has 0 bridgehead atoms. The van der Waals surface area contributed by atoms with Crippen LogP contribution in [0.4, 0.5) is 5.69 Å². The van der Waals surface area contributed by atoms with Crippen molar-refractivity contribution >= 4 is 22.5 Å². The van der Waals surface area contributed by atoms with Crippen LogP contribution in [0, 0.1) is 41.5 Å². The van der Waals surface area contributed by atoms with Gasteiger partial charge in [0.25, 0.3) is 5.56 Å². The van der Waals surface area contributed by atoms with Gasteiger partial charge in [-0.1, -0.05) is 42.3 Å². The van der Waals surface area contributed by atoms with Gasteiger partial charge in [0, 0.05) is 5.69 Å². The number of carbonyl (C=O) groups excluding carboxylic acids is 1. The first kappa shape index (κ1) is 23.4. The predicted octanol–water partition coefficient (Wildman–Crippen LogP) is 5.02. The van der Waals surface area contributed by atoms with E-state index in [0.29, 0.717) is 17.6 Å². The van der Waals surface area contributed by atoms with E-state index in [2.05, 4.69) is 15.5 Å². The molecule has 0 saturated carbocycles. The number of hydrogen-bond acceptors (Lipinski definition) is 4. The standard InChI is InChI=1S/C27H31N5O2/c1-8-22(26(33)28-24-17(4)13-16(3)14-18(24)5)32-27(34)25-23(19(6)29-32)20(7)31(30-25)21-11-9-15(2)10-12-21/h9-14,22H,8H2,1-7H3,(H,28,33)/t22-/m0/s1. The van der Waals surface area contributed by atoms with Crippen LogP contribution < -0.4 is 10.9 Å². The monoisotopic (exact) mass is 457 g/mol. The SMILES string of the molecule is CC[C@@H](C(=O)Nc1c(C)cc(C)cc1C)n1nc(C)c2c(C)n(-c3ccc(C)cc3)nc2c1=O. The number of rotatable bonds is 5. The molecule has 0 spiro atoms. The highest BCUT2D eigenvalue weighted by atomic mass is 16.2. The Balaban J connectivity index is 1.79. The number of carbonyl (C=O) groups is 1. The molecule has 0 fully saturated rings. The highest BCUT2D eigenvalue weighted by Crippen LogP contribution is 2.25. The maximum absolute atomic E-state index is 13.5. The lowest BCUT2D eigenvalue weighted by Crippen LogP contribution is -2.35. The van der Waals surface area contributed by atoms with Crippen molar-refractivity contribution < 1.29 is 4.79 Å². The number of anilines is 1.